The van der Waals surface area contributed by atoms with E-state index in [9.17, 15) is 13.6 Å². The van der Waals surface area contributed by atoms with Crippen LogP contribution in [0.1, 0.15) is 36.6 Å². The van der Waals surface area contributed by atoms with Crippen LogP contribution in [0.15, 0.2) is 34.6 Å². The fourth-order valence-electron chi connectivity index (χ4n) is 2.60. The van der Waals surface area contributed by atoms with E-state index in [1.807, 2.05) is 6.92 Å². The number of hydrogen-bond acceptors (Lipinski definition) is 4. The van der Waals surface area contributed by atoms with Crippen LogP contribution in [0.3, 0.4) is 0 Å². The number of anilines is 1. The lowest BCUT2D eigenvalue weighted by Crippen LogP contribution is -2.18. The van der Waals surface area contributed by atoms with E-state index in [0.717, 1.165) is 0 Å². The van der Waals surface area contributed by atoms with Gasteiger partial charge in [-0.1, -0.05) is 25.1 Å². The normalized spacial score (nSPS) is 11.2. The Morgan fingerprint density at radius 1 is 1.33 bits per heavy atom. The van der Waals surface area contributed by atoms with Crippen molar-refractivity contribution in [1.29, 1.82) is 0 Å². The van der Waals surface area contributed by atoms with Gasteiger partial charge in [0.1, 0.15) is 17.5 Å². The summed E-state index contributed by atoms with van der Waals surface area (Å²) in [4.78, 5) is 18.0. The minimum atomic E-state index is -0.595. The number of halogens is 2. The Balaban J connectivity index is 0.00000176. The first-order valence-electron chi connectivity index (χ1n) is 8.47. The van der Waals surface area contributed by atoms with Crippen molar-refractivity contribution >= 4 is 11.6 Å². The lowest BCUT2D eigenvalue weighted by molar-refractivity contribution is 0.613. The molecule has 0 aliphatic heterocycles. The van der Waals surface area contributed by atoms with Gasteiger partial charge in [0.15, 0.2) is 0 Å². The molecule has 2 rings (SSSR count). The van der Waals surface area contributed by atoms with Crippen molar-refractivity contribution in [1.82, 2.24) is 9.97 Å². The highest BCUT2D eigenvalue weighted by molar-refractivity contribution is 5.73. The maximum absolute atomic E-state index is 15.0. The molecule has 4 N–H and O–H groups in total. The molecular formula is C20H24F2N4O. The zero-order chi connectivity index (χ0) is 20.4. The number of rotatable bonds is 7. The maximum atomic E-state index is 15.0. The second-order valence-corrected chi connectivity index (χ2v) is 5.65. The van der Waals surface area contributed by atoms with Gasteiger partial charge in [-0.15, -0.1) is 12.8 Å². The molecule has 1 aromatic heterocycles. The van der Waals surface area contributed by atoms with Crippen molar-refractivity contribution < 1.29 is 8.78 Å². The Bertz CT molecular complexity index is 872. The van der Waals surface area contributed by atoms with Crippen molar-refractivity contribution in [3.8, 4) is 12.8 Å². The van der Waals surface area contributed by atoms with Gasteiger partial charge in [0.25, 0.3) is 0 Å². The number of benzene rings is 1. The Hall–Kier alpha value is -2.98. The average Bonchev–Trinajstić information content (AvgIpc) is 2.66. The molecule has 0 fully saturated rings. The van der Waals surface area contributed by atoms with Crippen LogP contribution in [0.2, 0.25) is 0 Å². The monoisotopic (exact) mass is 374 g/mol. The topological polar surface area (TPSA) is 83.8 Å². The Kier molecular flexibility index (Phi) is 8.90. The minimum absolute atomic E-state index is 0.0845. The highest BCUT2D eigenvalue weighted by Gasteiger charge is 2.17. The summed E-state index contributed by atoms with van der Waals surface area (Å²) in [6, 6.07) is 6.24. The molecule has 0 saturated heterocycles. The quantitative estimate of drug-likeness (QED) is 0.648. The molecule has 1 heterocycles. The Labute approximate surface area is 157 Å². The van der Waals surface area contributed by atoms with Gasteiger partial charge in [-0.3, -0.25) is 0 Å². The highest BCUT2D eigenvalue weighted by atomic mass is 19.1. The van der Waals surface area contributed by atoms with Gasteiger partial charge in [-0.25, -0.2) is 13.6 Å². The van der Waals surface area contributed by atoms with Gasteiger partial charge in [0.2, 0.25) is 0 Å². The minimum Gasteiger partial charge on any atom is -0.365 e. The van der Waals surface area contributed by atoms with Crippen LogP contribution in [0, 0.1) is 25.6 Å². The Morgan fingerprint density at radius 2 is 2.00 bits per heavy atom. The summed E-state index contributed by atoms with van der Waals surface area (Å²) in [7, 11) is 0. The van der Waals surface area contributed by atoms with Crippen molar-refractivity contribution in [2.75, 3.05) is 11.9 Å². The molecule has 0 saturated carbocycles. The summed E-state index contributed by atoms with van der Waals surface area (Å²) < 4.78 is 28.8. The van der Waals surface area contributed by atoms with Crippen molar-refractivity contribution in [3.63, 3.8) is 0 Å². The second kappa shape index (κ2) is 10.9. The molecule has 5 nitrogen and oxygen atoms in total. The number of nitrogens with two attached hydrogens (primary N) is 1. The maximum Gasteiger partial charge on any atom is 0.347 e. The van der Waals surface area contributed by atoms with Gasteiger partial charge < -0.3 is 16.0 Å². The summed E-state index contributed by atoms with van der Waals surface area (Å²) in [6.07, 6.45) is 8.90. The van der Waals surface area contributed by atoms with Crippen molar-refractivity contribution in [2.24, 2.45) is 5.73 Å². The SMILES string of the molecule is C#C.CC/C(CCN)=C(/F)c1c(NCc2ccccc2F)nc(=O)[nH]c1C. The summed E-state index contributed by atoms with van der Waals surface area (Å²) in [6.45, 7) is 3.85. The van der Waals surface area contributed by atoms with Crippen LogP contribution in [0.5, 0.6) is 0 Å². The summed E-state index contributed by atoms with van der Waals surface area (Å²) in [5.74, 6) is -0.748. The molecule has 1 aromatic carbocycles. The predicted octanol–water partition coefficient (Wildman–Crippen LogP) is 3.52. The molecule has 0 unspecified atom stereocenters. The number of aromatic amines is 1. The predicted molar refractivity (Wildman–Crippen MR) is 105 cm³/mol. The van der Waals surface area contributed by atoms with Crippen LogP contribution < -0.4 is 16.7 Å². The third-order valence-electron chi connectivity index (χ3n) is 3.93. The van der Waals surface area contributed by atoms with Gasteiger partial charge >= 0.3 is 5.69 Å². The molecule has 0 atom stereocenters. The van der Waals surface area contributed by atoms with Crippen molar-refractivity contribution in [2.45, 2.75) is 33.2 Å². The molecule has 0 radical (unpaired) electrons. The molecule has 0 bridgehead atoms. The first kappa shape index (κ1) is 22.1. The zero-order valence-electron chi connectivity index (χ0n) is 15.5. The van der Waals surface area contributed by atoms with E-state index in [1.165, 1.54) is 6.07 Å². The van der Waals surface area contributed by atoms with Crippen LogP contribution in [0.4, 0.5) is 14.6 Å². The fraction of sp³-hybridized carbons (Fsp3) is 0.300. The third-order valence-corrected chi connectivity index (χ3v) is 3.93. The molecule has 0 amide bonds. The first-order valence-corrected chi connectivity index (χ1v) is 8.47. The van der Waals surface area contributed by atoms with E-state index in [1.54, 1.807) is 25.1 Å². The van der Waals surface area contributed by atoms with E-state index in [0.29, 0.717) is 36.2 Å². The van der Waals surface area contributed by atoms with Gasteiger partial charge in [0, 0.05) is 17.8 Å². The molecule has 0 aliphatic rings. The molecule has 7 heteroatoms. The molecule has 27 heavy (non-hydrogen) atoms. The van der Waals surface area contributed by atoms with E-state index in [4.69, 9.17) is 5.73 Å². The van der Waals surface area contributed by atoms with Crippen LogP contribution in [0.25, 0.3) is 5.83 Å². The molecule has 2 aromatic rings. The van der Waals surface area contributed by atoms with Crippen LogP contribution in [-0.2, 0) is 6.54 Å². The summed E-state index contributed by atoms with van der Waals surface area (Å²) >= 11 is 0. The molecule has 144 valence electrons. The van der Waals surface area contributed by atoms with E-state index in [2.05, 4.69) is 28.1 Å². The molecule has 0 spiro atoms. The summed E-state index contributed by atoms with van der Waals surface area (Å²) in [5, 5.41) is 2.88. The largest absolute Gasteiger partial charge is 0.365 e. The highest BCUT2D eigenvalue weighted by Crippen LogP contribution is 2.30. The van der Waals surface area contributed by atoms with Crippen LogP contribution >= 0.6 is 0 Å². The van der Waals surface area contributed by atoms with E-state index < -0.39 is 11.5 Å². The summed E-state index contributed by atoms with van der Waals surface area (Å²) in [5.41, 5.74) is 6.43. The fourth-order valence-corrected chi connectivity index (χ4v) is 2.60. The van der Waals surface area contributed by atoms with Gasteiger partial charge in [0.05, 0.1) is 5.56 Å². The third kappa shape index (κ3) is 5.76. The van der Waals surface area contributed by atoms with E-state index in [-0.39, 0.29) is 23.7 Å². The number of aryl methyl sites for hydroxylation is 1. The standard InChI is InChI=1S/C18H22F2N4O.C2H2/c1-3-12(8-9-21)16(20)15-11(2)23-18(25)24-17(15)22-10-13-6-4-5-7-14(13)19;1-2/h4-7H,3,8-10,21H2,1-2H3,(H2,22,23,24,25);1-2H/b16-12-;. The zero-order valence-corrected chi connectivity index (χ0v) is 15.5. The number of hydrogen-bond donors (Lipinski definition) is 3. The molecule has 0 aliphatic carbocycles. The number of terminal acetylenes is 1. The van der Waals surface area contributed by atoms with Gasteiger partial charge in [-0.2, -0.15) is 4.98 Å². The smallest absolute Gasteiger partial charge is 0.347 e. The lowest BCUT2D eigenvalue weighted by atomic mass is 10.0. The average molecular weight is 374 g/mol. The number of nitrogens with one attached hydrogen (secondary N) is 2. The number of H-pyrrole nitrogens is 1. The van der Waals surface area contributed by atoms with Crippen LogP contribution in [-0.4, -0.2) is 16.5 Å². The first-order chi connectivity index (χ1) is 13.0. The van der Waals surface area contributed by atoms with Crippen molar-refractivity contribution in [3.05, 3.63) is 63.0 Å². The number of aromatic nitrogens is 2. The van der Waals surface area contributed by atoms with E-state index >= 15 is 0 Å². The number of nitrogens with zero attached hydrogens (tertiary/aromatic N) is 1. The second-order valence-electron chi connectivity index (χ2n) is 5.65. The molecular weight excluding hydrogens is 350 g/mol. The lowest BCUT2D eigenvalue weighted by Gasteiger charge is -2.14. The van der Waals surface area contributed by atoms with Gasteiger partial charge in [-0.05, 0) is 37.9 Å². The Morgan fingerprint density at radius 3 is 2.59 bits per heavy atom.